The Morgan fingerprint density at radius 1 is 1.40 bits per heavy atom. The van der Waals surface area contributed by atoms with E-state index in [4.69, 9.17) is 5.73 Å². The number of nitrogens with two attached hydrogens (primary N) is 1. The highest BCUT2D eigenvalue weighted by atomic mass is 16.2. The number of carbonyl (C=O) groups excluding carboxylic acids is 2. The van der Waals surface area contributed by atoms with Crippen molar-refractivity contribution in [3.05, 3.63) is 11.8 Å². The van der Waals surface area contributed by atoms with Crippen LogP contribution in [0.25, 0.3) is 0 Å². The minimum Gasteiger partial charge on any atom is -0.382 e. The maximum Gasteiger partial charge on any atom is 0.272 e. The molecule has 1 aromatic heterocycles. The maximum atomic E-state index is 12.1. The first-order valence-corrected chi connectivity index (χ1v) is 6.69. The Morgan fingerprint density at radius 3 is 2.65 bits per heavy atom. The highest BCUT2D eigenvalue weighted by Crippen LogP contribution is 2.08. The van der Waals surface area contributed by atoms with Crippen molar-refractivity contribution in [2.45, 2.75) is 6.92 Å². The summed E-state index contributed by atoms with van der Waals surface area (Å²) in [4.78, 5) is 27.4. The standard InChI is InChI=1S/C12H20N6O2/c1-2-14-11(19)8-17-3-5-18(6-4-17)12(20)9-7-10(13)16-15-9/h7H,2-6,8H2,1H3,(H,14,19)(H3,13,15,16). The monoisotopic (exact) mass is 280 g/mol. The summed E-state index contributed by atoms with van der Waals surface area (Å²) in [7, 11) is 0. The molecule has 4 N–H and O–H groups in total. The number of aromatic nitrogens is 2. The van der Waals surface area contributed by atoms with E-state index in [0.717, 1.165) is 0 Å². The van der Waals surface area contributed by atoms with Crippen LogP contribution in [-0.2, 0) is 4.79 Å². The van der Waals surface area contributed by atoms with Crippen molar-refractivity contribution >= 4 is 17.6 Å². The molecule has 2 rings (SSSR count). The quantitative estimate of drug-likeness (QED) is 0.648. The van der Waals surface area contributed by atoms with E-state index in [0.29, 0.717) is 50.8 Å². The predicted octanol–water partition coefficient (Wildman–Crippen LogP) is -1.11. The minimum absolute atomic E-state index is 0.0219. The second-order valence-corrected chi connectivity index (χ2v) is 4.73. The zero-order valence-corrected chi connectivity index (χ0v) is 11.6. The van der Waals surface area contributed by atoms with Gasteiger partial charge in [0.2, 0.25) is 5.91 Å². The molecule has 0 saturated carbocycles. The third-order valence-electron chi connectivity index (χ3n) is 3.23. The number of likely N-dealkylation sites (N-methyl/N-ethyl adjacent to an activating group) is 1. The summed E-state index contributed by atoms with van der Waals surface area (Å²) in [6.45, 7) is 5.48. The van der Waals surface area contributed by atoms with Gasteiger partial charge in [0.05, 0.1) is 6.54 Å². The first-order valence-electron chi connectivity index (χ1n) is 6.69. The summed E-state index contributed by atoms with van der Waals surface area (Å²) in [5.41, 5.74) is 5.89. The van der Waals surface area contributed by atoms with E-state index >= 15 is 0 Å². The third kappa shape index (κ3) is 3.47. The van der Waals surface area contributed by atoms with Gasteiger partial charge < -0.3 is 16.0 Å². The SMILES string of the molecule is CCNC(=O)CN1CCN(C(=O)c2cc(N)n[nH]2)CC1. The van der Waals surface area contributed by atoms with Gasteiger partial charge >= 0.3 is 0 Å². The molecule has 1 saturated heterocycles. The molecule has 0 radical (unpaired) electrons. The number of carbonyl (C=O) groups is 2. The molecule has 1 aromatic rings. The van der Waals surface area contributed by atoms with Gasteiger partial charge in [0.1, 0.15) is 11.5 Å². The topological polar surface area (TPSA) is 107 Å². The molecule has 8 nitrogen and oxygen atoms in total. The number of hydrogen-bond donors (Lipinski definition) is 3. The van der Waals surface area contributed by atoms with Gasteiger partial charge in [-0.25, -0.2) is 0 Å². The summed E-state index contributed by atoms with van der Waals surface area (Å²) in [6, 6.07) is 1.53. The van der Waals surface area contributed by atoms with E-state index in [2.05, 4.69) is 15.5 Å². The fourth-order valence-electron chi connectivity index (χ4n) is 2.18. The van der Waals surface area contributed by atoms with Gasteiger partial charge in [-0.1, -0.05) is 0 Å². The van der Waals surface area contributed by atoms with Gasteiger partial charge in [-0.05, 0) is 6.92 Å². The molecular weight excluding hydrogens is 260 g/mol. The molecule has 8 heteroatoms. The molecule has 20 heavy (non-hydrogen) atoms. The second kappa shape index (κ2) is 6.38. The summed E-state index contributed by atoms with van der Waals surface area (Å²) < 4.78 is 0. The van der Waals surface area contributed by atoms with Crippen LogP contribution in [0.15, 0.2) is 6.07 Å². The molecule has 0 aliphatic carbocycles. The lowest BCUT2D eigenvalue weighted by Gasteiger charge is -2.34. The molecule has 2 amide bonds. The lowest BCUT2D eigenvalue weighted by molar-refractivity contribution is -0.122. The molecule has 0 atom stereocenters. The molecule has 1 fully saturated rings. The summed E-state index contributed by atoms with van der Waals surface area (Å²) in [5, 5.41) is 9.14. The first kappa shape index (κ1) is 14.3. The van der Waals surface area contributed by atoms with Crippen molar-refractivity contribution < 1.29 is 9.59 Å². The van der Waals surface area contributed by atoms with E-state index < -0.39 is 0 Å². The average Bonchev–Trinajstić information content (AvgIpc) is 2.86. The predicted molar refractivity (Wildman–Crippen MR) is 74.0 cm³/mol. The number of piperazine rings is 1. The van der Waals surface area contributed by atoms with E-state index in [1.165, 1.54) is 6.07 Å². The van der Waals surface area contributed by atoms with Crippen molar-refractivity contribution in [2.75, 3.05) is 45.0 Å². The van der Waals surface area contributed by atoms with Crippen LogP contribution in [-0.4, -0.2) is 71.1 Å². The van der Waals surface area contributed by atoms with Crippen LogP contribution >= 0.6 is 0 Å². The third-order valence-corrected chi connectivity index (χ3v) is 3.23. The van der Waals surface area contributed by atoms with E-state index in [-0.39, 0.29) is 11.8 Å². The molecule has 0 spiro atoms. The number of rotatable bonds is 4. The average molecular weight is 280 g/mol. The van der Waals surface area contributed by atoms with Crippen LogP contribution in [0.2, 0.25) is 0 Å². The highest BCUT2D eigenvalue weighted by molar-refractivity contribution is 5.93. The van der Waals surface area contributed by atoms with E-state index in [9.17, 15) is 9.59 Å². The summed E-state index contributed by atoms with van der Waals surface area (Å²) in [6.07, 6.45) is 0. The maximum absolute atomic E-state index is 12.1. The second-order valence-electron chi connectivity index (χ2n) is 4.73. The van der Waals surface area contributed by atoms with Gasteiger partial charge in [-0.15, -0.1) is 0 Å². The van der Waals surface area contributed by atoms with Gasteiger partial charge in [0.15, 0.2) is 0 Å². The van der Waals surface area contributed by atoms with Crippen LogP contribution in [0.3, 0.4) is 0 Å². The highest BCUT2D eigenvalue weighted by Gasteiger charge is 2.24. The normalized spacial score (nSPS) is 16.1. The number of nitrogens with one attached hydrogen (secondary N) is 2. The van der Waals surface area contributed by atoms with Crippen molar-refractivity contribution in [1.29, 1.82) is 0 Å². The molecular formula is C12H20N6O2. The van der Waals surface area contributed by atoms with Crippen LogP contribution in [0.5, 0.6) is 0 Å². The Labute approximate surface area is 117 Å². The van der Waals surface area contributed by atoms with Gasteiger partial charge in [0, 0.05) is 38.8 Å². The lowest BCUT2D eigenvalue weighted by atomic mass is 10.2. The summed E-state index contributed by atoms with van der Waals surface area (Å²) >= 11 is 0. The first-order chi connectivity index (χ1) is 9.60. The number of nitrogen functional groups attached to an aromatic ring is 1. The molecule has 0 aromatic carbocycles. The fraction of sp³-hybridized carbons (Fsp3) is 0.583. The van der Waals surface area contributed by atoms with Crippen molar-refractivity contribution in [3.63, 3.8) is 0 Å². The number of anilines is 1. The van der Waals surface area contributed by atoms with Crippen LogP contribution in [0, 0.1) is 0 Å². The van der Waals surface area contributed by atoms with Crippen LogP contribution in [0.4, 0.5) is 5.82 Å². The molecule has 0 bridgehead atoms. The number of aromatic amines is 1. The molecule has 0 unspecified atom stereocenters. The zero-order valence-electron chi connectivity index (χ0n) is 11.6. The largest absolute Gasteiger partial charge is 0.382 e. The van der Waals surface area contributed by atoms with Crippen LogP contribution < -0.4 is 11.1 Å². The Morgan fingerprint density at radius 2 is 2.10 bits per heavy atom. The van der Waals surface area contributed by atoms with Crippen molar-refractivity contribution in [1.82, 2.24) is 25.3 Å². The summed E-state index contributed by atoms with van der Waals surface area (Å²) in [5.74, 6) is 0.226. The number of nitrogens with zero attached hydrogens (tertiary/aromatic N) is 3. The minimum atomic E-state index is -0.105. The number of H-pyrrole nitrogens is 1. The lowest BCUT2D eigenvalue weighted by Crippen LogP contribution is -2.51. The number of amides is 2. The molecule has 110 valence electrons. The Balaban J connectivity index is 1.82. The number of hydrogen-bond acceptors (Lipinski definition) is 5. The zero-order chi connectivity index (χ0) is 14.5. The van der Waals surface area contributed by atoms with E-state index in [1.54, 1.807) is 4.90 Å². The Hall–Kier alpha value is -2.09. The van der Waals surface area contributed by atoms with Gasteiger partial charge in [0.25, 0.3) is 5.91 Å². The Bertz CT molecular complexity index is 478. The van der Waals surface area contributed by atoms with Crippen molar-refractivity contribution in [2.24, 2.45) is 0 Å². The Kier molecular flexibility index (Phi) is 4.57. The van der Waals surface area contributed by atoms with E-state index in [1.807, 2.05) is 11.8 Å². The molecule has 2 heterocycles. The molecule has 1 aliphatic rings. The smallest absolute Gasteiger partial charge is 0.272 e. The van der Waals surface area contributed by atoms with Gasteiger partial charge in [-0.2, -0.15) is 5.10 Å². The van der Waals surface area contributed by atoms with Crippen molar-refractivity contribution in [3.8, 4) is 0 Å². The molecule has 1 aliphatic heterocycles. The van der Waals surface area contributed by atoms with Gasteiger partial charge in [-0.3, -0.25) is 19.6 Å². The van der Waals surface area contributed by atoms with Crippen LogP contribution in [0.1, 0.15) is 17.4 Å². The fourth-order valence-corrected chi connectivity index (χ4v) is 2.18.